The minimum Gasteiger partial charge on any atom is -0.445 e. The van der Waals surface area contributed by atoms with Gasteiger partial charge in [0.15, 0.2) is 0 Å². The van der Waals surface area contributed by atoms with E-state index < -0.39 is 9.84 Å². The quantitative estimate of drug-likeness (QED) is 0.764. The van der Waals surface area contributed by atoms with Gasteiger partial charge in [0.1, 0.15) is 11.5 Å². The largest absolute Gasteiger partial charge is 0.445 e. The molecule has 0 bridgehead atoms. The second-order valence-corrected chi connectivity index (χ2v) is 7.63. The second-order valence-electron chi connectivity index (χ2n) is 4.49. The van der Waals surface area contributed by atoms with Crippen LogP contribution in [0.3, 0.4) is 0 Å². The number of para-hydroxylation sites is 1. The number of oxazole rings is 1. The standard InChI is InChI=1S/C13H12N4O3S2/c1-9-7-14-11(20-9)8-22(18,19)13-17-16-12(21-13)15-10-5-3-2-4-6-10/h2-7H,8H2,1H3,(H,15,16). The Balaban J connectivity index is 1.77. The van der Waals surface area contributed by atoms with E-state index in [2.05, 4.69) is 20.5 Å². The molecule has 0 atom stereocenters. The van der Waals surface area contributed by atoms with Gasteiger partial charge in [0, 0.05) is 5.69 Å². The summed E-state index contributed by atoms with van der Waals surface area (Å²) in [5.41, 5.74) is 0.811. The topological polar surface area (TPSA) is 98.0 Å². The van der Waals surface area contributed by atoms with Crippen LogP contribution in [-0.4, -0.2) is 23.6 Å². The number of aromatic nitrogens is 3. The van der Waals surface area contributed by atoms with Crippen LogP contribution in [0.2, 0.25) is 0 Å². The summed E-state index contributed by atoms with van der Waals surface area (Å²) in [5.74, 6) is 0.375. The van der Waals surface area contributed by atoms with Crippen molar-refractivity contribution in [3.63, 3.8) is 0 Å². The molecule has 114 valence electrons. The third-order valence-electron chi connectivity index (χ3n) is 2.68. The molecule has 0 spiro atoms. The van der Waals surface area contributed by atoms with E-state index in [4.69, 9.17) is 4.42 Å². The van der Waals surface area contributed by atoms with Crippen molar-refractivity contribution in [2.75, 3.05) is 5.32 Å². The number of nitrogens with zero attached hydrogens (tertiary/aromatic N) is 3. The highest BCUT2D eigenvalue weighted by Crippen LogP contribution is 2.25. The molecule has 0 fully saturated rings. The van der Waals surface area contributed by atoms with Crippen LogP contribution in [0.15, 0.2) is 45.3 Å². The Morgan fingerprint density at radius 2 is 2.00 bits per heavy atom. The summed E-state index contributed by atoms with van der Waals surface area (Å²) in [7, 11) is -3.62. The van der Waals surface area contributed by atoms with Gasteiger partial charge in [-0.05, 0) is 19.1 Å². The van der Waals surface area contributed by atoms with Gasteiger partial charge >= 0.3 is 0 Å². The van der Waals surface area contributed by atoms with E-state index in [0.717, 1.165) is 17.0 Å². The Morgan fingerprint density at radius 3 is 2.68 bits per heavy atom. The molecule has 9 heteroatoms. The fourth-order valence-corrected chi connectivity index (χ4v) is 3.89. The average Bonchev–Trinajstić information content (AvgIpc) is 3.09. The van der Waals surface area contributed by atoms with Crippen molar-refractivity contribution in [1.29, 1.82) is 0 Å². The Hall–Kier alpha value is -2.26. The minimum atomic E-state index is -3.62. The van der Waals surface area contributed by atoms with Crippen molar-refractivity contribution in [1.82, 2.24) is 15.2 Å². The normalized spacial score (nSPS) is 11.5. The third kappa shape index (κ3) is 3.31. The zero-order valence-electron chi connectivity index (χ0n) is 11.6. The maximum atomic E-state index is 12.3. The molecule has 7 nitrogen and oxygen atoms in total. The van der Waals surface area contributed by atoms with Crippen molar-refractivity contribution in [3.8, 4) is 0 Å². The van der Waals surface area contributed by atoms with Crippen LogP contribution in [0.1, 0.15) is 11.7 Å². The van der Waals surface area contributed by atoms with Crippen molar-refractivity contribution < 1.29 is 12.8 Å². The number of anilines is 2. The van der Waals surface area contributed by atoms with Crippen molar-refractivity contribution in [3.05, 3.63) is 48.2 Å². The second kappa shape index (κ2) is 5.85. The maximum absolute atomic E-state index is 12.3. The van der Waals surface area contributed by atoms with Crippen LogP contribution < -0.4 is 5.32 Å². The van der Waals surface area contributed by atoms with Gasteiger partial charge in [-0.2, -0.15) is 0 Å². The van der Waals surface area contributed by atoms with Gasteiger partial charge in [-0.1, -0.05) is 29.5 Å². The highest BCUT2D eigenvalue weighted by molar-refractivity contribution is 7.92. The van der Waals surface area contributed by atoms with Crippen molar-refractivity contribution >= 4 is 32.0 Å². The van der Waals surface area contributed by atoms with E-state index >= 15 is 0 Å². The van der Waals surface area contributed by atoms with Gasteiger partial charge in [-0.25, -0.2) is 13.4 Å². The highest BCUT2D eigenvalue weighted by Gasteiger charge is 2.23. The van der Waals surface area contributed by atoms with Crippen LogP contribution in [0, 0.1) is 6.92 Å². The molecule has 1 aromatic carbocycles. The van der Waals surface area contributed by atoms with Crippen LogP contribution in [-0.2, 0) is 15.6 Å². The molecule has 1 N–H and O–H groups in total. The minimum absolute atomic E-state index is 0.0678. The van der Waals surface area contributed by atoms with E-state index in [0.29, 0.717) is 10.9 Å². The SMILES string of the molecule is Cc1cnc(CS(=O)(=O)c2nnc(Nc3ccccc3)s2)o1. The fraction of sp³-hybridized carbons (Fsp3) is 0.154. The van der Waals surface area contributed by atoms with E-state index in [1.165, 1.54) is 6.20 Å². The smallest absolute Gasteiger partial charge is 0.234 e. The predicted molar refractivity (Wildman–Crippen MR) is 81.8 cm³/mol. The number of nitrogens with one attached hydrogen (secondary N) is 1. The Labute approximate surface area is 131 Å². The monoisotopic (exact) mass is 336 g/mol. The molecule has 0 saturated carbocycles. The fourth-order valence-electron chi connectivity index (χ4n) is 1.72. The first-order chi connectivity index (χ1) is 10.5. The van der Waals surface area contributed by atoms with Crippen LogP contribution >= 0.6 is 11.3 Å². The first-order valence-electron chi connectivity index (χ1n) is 6.32. The van der Waals surface area contributed by atoms with Gasteiger partial charge in [0.25, 0.3) is 0 Å². The first kappa shape index (κ1) is 14.7. The maximum Gasteiger partial charge on any atom is 0.234 e. The number of rotatable bonds is 5. The molecular formula is C13H12N4O3S2. The van der Waals surface area contributed by atoms with Gasteiger partial charge in [0.2, 0.25) is 25.2 Å². The van der Waals surface area contributed by atoms with Crippen LogP contribution in [0.25, 0.3) is 0 Å². The number of hydrogen-bond donors (Lipinski definition) is 1. The number of benzene rings is 1. The van der Waals surface area contributed by atoms with E-state index in [1.807, 2.05) is 30.3 Å². The molecule has 0 unspecified atom stereocenters. The van der Waals surface area contributed by atoms with Crippen molar-refractivity contribution in [2.45, 2.75) is 17.0 Å². The first-order valence-corrected chi connectivity index (χ1v) is 8.79. The number of hydrogen-bond acceptors (Lipinski definition) is 8. The lowest BCUT2D eigenvalue weighted by Gasteiger charge is -1.99. The lowest BCUT2D eigenvalue weighted by Crippen LogP contribution is -2.04. The van der Waals surface area contributed by atoms with Gasteiger partial charge < -0.3 is 9.73 Å². The summed E-state index contributed by atoms with van der Waals surface area (Å²) in [6, 6.07) is 9.33. The molecular weight excluding hydrogens is 324 g/mol. The molecule has 22 heavy (non-hydrogen) atoms. The third-order valence-corrected chi connectivity index (χ3v) is 5.57. The Morgan fingerprint density at radius 1 is 1.23 bits per heavy atom. The lowest BCUT2D eigenvalue weighted by molar-refractivity contribution is 0.484. The van der Waals surface area contributed by atoms with Gasteiger partial charge in [0.05, 0.1) is 6.20 Å². The zero-order valence-corrected chi connectivity index (χ0v) is 13.2. The molecule has 0 aliphatic heterocycles. The zero-order chi connectivity index (χ0) is 15.6. The number of aryl methyl sites for hydroxylation is 1. The molecule has 0 aliphatic rings. The lowest BCUT2D eigenvalue weighted by atomic mass is 10.3. The molecule has 0 saturated heterocycles. The summed E-state index contributed by atoms with van der Waals surface area (Å²) in [4.78, 5) is 3.90. The summed E-state index contributed by atoms with van der Waals surface area (Å²) in [6.45, 7) is 1.70. The molecule has 2 aromatic heterocycles. The molecule has 0 amide bonds. The van der Waals surface area contributed by atoms with Crippen LogP contribution in [0.4, 0.5) is 10.8 Å². The van der Waals surface area contributed by atoms with Crippen LogP contribution in [0.5, 0.6) is 0 Å². The Kier molecular flexibility index (Phi) is 3.90. The summed E-state index contributed by atoms with van der Waals surface area (Å²) in [5, 5.41) is 11.0. The average molecular weight is 336 g/mol. The molecule has 3 aromatic rings. The molecule has 2 heterocycles. The predicted octanol–water partition coefficient (Wildman–Crippen LogP) is 2.55. The number of sulfone groups is 1. The van der Waals surface area contributed by atoms with E-state index in [9.17, 15) is 8.42 Å². The van der Waals surface area contributed by atoms with E-state index in [1.54, 1.807) is 6.92 Å². The summed E-state index contributed by atoms with van der Waals surface area (Å²) >= 11 is 0.970. The molecule has 3 rings (SSSR count). The Bertz CT molecular complexity index is 872. The summed E-state index contributed by atoms with van der Waals surface area (Å²) < 4.78 is 29.6. The van der Waals surface area contributed by atoms with Gasteiger partial charge in [-0.3, -0.25) is 0 Å². The molecule has 0 aliphatic carbocycles. The highest BCUT2D eigenvalue weighted by atomic mass is 32.2. The summed E-state index contributed by atoms with van der Waals surface area (Å²) in [6.07, 6.45) is 1.48. The van der Waals surface area contributed by atoms with E-state index in [-0.39, 0.29) is 16.0 Å². The van der Waals surface area contributed by atoms with Crippen molar-refractivity contribution in [2.24, 2.45) is 0 Å². The molecule has 0 radical (unpaired) electrons. The van der Waals surface area contributed by atoms with Gasteiger partial charge in [-0.15, -0.1) is 10.2 Å².